The van der Waals surface area contributed by atoms with Gasteiger partial charge in [0.15, 0.2) is 0 Å². The van der Waals surface area contributed by atoms with Gasteiger partial charge in [-0.25, -0.2) is 0 Å². The summed E-state index contributed by atoms with van der Waals surface area (Å²) in [5.41, 5.74) is 0.913. The third-order valence-electron chi connectivity index (χ3n) is 5.67. The standard InChI is InChI=1S/C20H26N4O2/c1-23(16-10-3-2-4-11-16)18(25)14-24-13-6-5-12-17(24)20-22-21-19(26-20)15-8-7-9-15/h2-4,10-11,15,17H,5-9,12-14H2,1H3. The van der Waals surface area contributed by atoms with Crippen molar-refractivity contribution in [2.75, 3.05) is 25.0 Å². The van der Waals surface area contributed by atoms with Crippen LogP contribution in [0.15, 0.2) is 34.7 Å². The first kappa shape index (κ1) is 17.2. The van der Waals surface area contributed by atoms with Crippen molar-refractivity contribution >= 4 is 11.6 Å². The van der Waals surface area contributed by atoms with Crippen molar-refractivity contribution in [2.45, 2.75) is 50.5 Å². The van der Waals surface area contributed by atoms with Crippen LogP contribution in [0.2, 0.25) is 0 Å². The molecule has 1 aliphatic carbocycles. The Kier molecular flexibility index (Phi) is 5.02. The number of likely N-dealkylation sites (tertiary alicyclic amines) is 1. The van der Waals surface area contributed by atoms with Gasteiger partial charge in [-0.05, 0) is 44.4 Å². The number of para-hydroxylation sites is 1. The maximum absolute atomic E-state index is 12.8. The number of likely N-dealkylation sites (N-methyl/N-ethyl adjacent to an activating group) is 1. The molecule has 0 spiro atoms. The molecule has 1 aromatic heterocycles. The minimum atomic E-state index is 0.0539. The Labute approximate surface area is 154 Å². The number of benzene rings is 1. The van der Waals surface area contributed by atoms with Gasteiger partial charge in [0.25, 0.3) is 0 Å². The second-order valence-corrected chi connectivity index (χ2v) is 7.38. The van der Waals surface area contributed by atoms with Gasteiger partial charge in [-0.3, -0.25) is 9.69 Å². The van der Waals surface area contributed by atoms with Crippen molar-refractivity contribution in [3.05, 3.63) is 42.1 Å². The third-order valence-corrected chi connectivity index (χ3v) is 5.67. The number of hydrogen-bond acceptors (Lipinski definition) is 5. The van der Waals surface area contributed by atoms with Crippen LogP contribution in [0.4, 0.5) is 5.69 Å². The van der Waals surface area contributed by atoms with E-state index in [1.54, 1.807) is 4.90 Å². The van der Waals surface area contributed by atoms with E-state index in [0.29, 0.717) is 18.4 Å². The lowest BCUT2D eigenvalue weighted by Gasteiger charge is -2.34. The number of carbonyl (C=O) groups is 1. The first-order chi connectivity index (χ1) is 12.7. The molecule has 138 valence electrons. The Balaban J connectivity index is 1.45. The molecule has 1 atom stereocenters. The molecule has 0 radical (unpaired) electrons. The topological polar surface area (TPSA) is 62.5 Å². The van der Waals surface area contributed by atoms with Crippen molar-refractivity contribution in [3.8, 4) is 0 Å². The fourth-order valence-corrected chi connectivity index (χ4v) is 3.74. The summed E-state index contributed by atoms with van der Waals surface area (Å²) in [7, 11) is 1.83. The average Bonchev–Trinajstić information content (AvgIpc) is 3.10. The Hall–Kier alpha value is -2.21. The van der Waals surface area contributed by atoms with Crippen molar-refractivity contribution in [2.24, 2.45) is 0 Å². The van der Waals surface area contributed by atoms with E-state index >= 15 is 0 Å². The summed E-state index contributed by atoms with van der Waals surface area (Å²) in [5.74, 6) is 1.99. The normalized spacial score (nSPS) is 21.3. The van der Waals surface area contributed by atoms with Crippen LogP contribution in [0.5, 0.6) is 0 Å². The number of carbonyl (C=O) groups excluding carboxylic acids is 1. The van der Waals surface area contributed by atoms with E-state index in [0.717, 1.165) is 50.2 Å². The lowest BCUT2D eigenvalue weighted by molar-refractivity contribution is -0.120. The smallest absolute Gasteiger partial charge is 0.240 e. The van der Waals surface area contributed by atoms with Crippen LogP contribution in [-0.2, 0) is 4.79 Å². The number of amides is 1. The highest BCUT2D eigenvalue weighted by Crippen LogP contribution is 2.37. The highest BCUT2D eigenvalue weighted by molar-refractivity contribution is 5.94. The molecule has 26 heavy (non-hydrogen) atoms. The first-order valence-electron chi connectivity index (χ1n) is 9.61. The van der Waals surface area contributed by atoms with E-state index < -0.39 is 0 Å². The molecule has 1 aliphatic heterocycles. The van der Waals surface area contributed by atoms with E-state index in [-0.39, 0.29) is 11.9 Å². The summed E-state index contributed by atoms with van der Waals surface area (Å²) in [4.78, 5) is 16.7. The zero-order valence-electron chi connectivity index (χ0n) is 15.3. The van der Waals surface area contributed by atoms with Crippen LogP contribution in [0.25, 0.3) is 0 Å². The molecular formula is C20H26N4O2. The van der Waals surface area contributed by atoms with Gasteiger partial charge in [-0.2, -0.15) is 0 Å². The average molecular weight is 354 g/mol. The van der Waals surface area contributed by atoms with Gasteiger partial charge < -0.3 is 9.32 Å². The van der Waals surface area contributed by atoms with E-state index in [2.05, 4.69) is 15.1 Å². The van der Waals surface area contributed by atoms with Crippen molar-refractivity contribution in [3.63, 3.8) is 0 Å². The number of hydrogen-bond donors (Lipinski definition) is 0. The fraction of sp³-hybridized carbons (Fsp3) is 0.550. The van der Waals surface area contributed by atoms with Gasteiger partial charge in [0.1, 0.15) is 0 Å². The molecule has 1 unspecified atom stereocenters. The Bertz CT molecular complexity index is 741. The minimum absolute atomic E-state index is 0.0539. The van der Waals surface area contributed by atoms with Crippen LogP contribution in [0.3, 0.4) is 0 Å². The molecule has 2 aliphatic rings. The Morgan fingerprint density at radius 2 is 1.88 bits per heavy atom. The van der Waals surface area contributed by atoms with Crippen molar-refractivity contribution in [1.82, 2.24) is 15.1 Å². The summed E-state index contributed by atoms with van der Waals surface area (Å²) >= 11 is 0. The number of nitrogens with zero attached hydrogens (tertiary/aromatic N) is 4. The highest BCUT2D eigenvalue weighted by atomic mass is 16.4. The molecule has 4 rings (SSSR count). The SMILES string of the molecule is CN(C(=O)CN1CCCCC1c1nnc(C2CCC2)o1)c1ccccc1. The summed E-state index contributed by atoms with van der Waals surface area (Å²) in [6, 6.07) is 9.81. The molecule has 1 saturated carbocycles. The Morgan fingerprint density at radius 3 is 2.62 bits per heavy atom. The largest absolute Gasteiger partial charge is 0.423 e. The summed E-state index contributed by atoms with van der Waals surface area (Å²) in [6.07, 6.45) is 6.74. The second kappa shape index (κ2) is 7.58. The minimum Gasteiger partial charge on any atom is -0.423 e. The van der Waals surface area contributed by atoms with Crippen LogP contribution in [-0.4, -0.2) is 41.1 Å². The maximum Gasteiger partial charge on any atom is 0.240 e. The molecule has 2 fully saturated rings. The van der Waals surface area contributed by atoms with Crippen LogP contribution < -0.4 is 4.90 Å². The van der Waals surface area contributed by atoms with E-state index in [1.165, 1.54) is 6.42 Å². The summed E-state index contributed by atoms with van der Waals surface area (Å²) in [6.45, 7) is 1.26. The predicted molar refractivity (Wildman–Crippen MR) is 98.9 cm³/mol. The lowest BCUT2D eigenvalue weighted by atomic mass is 9.85. The molecule has 6 nitrogen and oxygen atoms in total. The van der Waals surface area contributed by atoms with Gasteiger partial charge in [0.05, 0.1) is 12.6 Å². The van der Waals surface area contributed by atoms with Crippen LogP contribution >= 0.6 is 0 Å². The zero-order chi connectivity index (χ0) is 17.9. The molecule has 0 bridgehead atoms. The fourth-order valence-electron chi connectivity index (χ4n) is 3.74. The first-order valence-corrected chi connectivity index (χ1v) is 9.61. The van der Waals surface area contributed by atoms with Gasteiger partial charge in [-0.15, -0.1) is 10.2 Å². The van der Waals surface area contributed by atoms with Gasteiger partial charge in [0, 0.05) is 18.7 Å². The van der Waals surface area contributed by atoms with Gasteiger partial charge >= 0.3 is 0 Å². The molecule has 2 heterocycles. The van der Waals surface area contributed by atoms with Crippen molar-refractivity contribution < 1.29 is 9.21 Å². The third kappa shape index (κ3) is 3.51. The van der Waals surface area contributed by atoms with E-state index in [9.17, 15) is 4.79 Å². The molecular weight excluding hydrogens is 328 g/mol. The summed E-state index contributed by atoms with van der Waals surface area (Å²) < 4.78 is 6.00. The maximum atomic E-state index is 12.8. The molecule has 0 N–H and O–H groups in total. The highest BCUT2D eigenvalue weighted by Gasteiger charge is 2.32. The van der Waals surface area contributed by atoms with E-state index in [1.807, 2.05) is 37.4 Å². The van der Waals surface area contributed by atoms with Crippen LogP contribution in [0, 0.1) is 0 Å². The molecule has 6 heteroatoms. The monoisotopic (exact) mass is 354 g/mol. The number of piperidine rings is 1. The Morgan fingerprint density at radius 1 is 1.12 bits per heavy atom. The van der Waals surface area contributed by atoms with Crippen molar-refractivity contribution in [1.29, 1.82) is 0 Å². The van der Waals surface area contributed by atoms with Gasteiger partial charge in [0.2, 0.25) is 17.7 Å². The number of rotatable bonds is 5. The summed E-state index contributed by atoms with van der Waals surface area (Å²) in [5, 5.41) is 8.59. The number of aromatic nitrogens is 2. The van der Waals surface area contributed by atoms with E-state index in [4.69, 9.17) is 4.42 Å². The van der Waals surface area contributed by atoms with Crippen LogP contribution in [0.1, 0.15) is 62.3 Å². The predicted octanol–water partition coefficient (Wildman–Crippen LogP) is 3.53. The molecule has 2 aromatic rings. The number of anilines is 1. The molecule has 1 aromatic carbocycles. The van der Waals surface area contributed by atoms with Gasteiger partial charge in [-0.1, -0.05) is 31.0 Å². The zero-order valence-corrected chi connectivity index (χ0v) is 15.3. The molecule has 1 amide bonds. The lowest BCUT2D eigenvalue weighted by Crippen LogP contribution is -2.42. The quantitative estimate of drug-likeness (QED) is 0.822. The second-order valence-electron chi connectivity index (χ2n) is 7.38. The molecule has 1 saturated heterocycles.